The lowest BCUT2D eigenvalue weighted by Crippen LogP contribution is -2.03. The first kappa shape index (κ1) is 10.5. The summed E-state index contributed by atoms with van der Waals surface area (Å²) in [7, 11) is 0. The SMILES string of the molecule is CCOc1c(N)cnn1-c1ccc(F)cc1. The molecule has 0 radical (unpaired) electrons. The van der Waals surface area contributed by atoms with Crippen LogP contribution >= 0.6 is 0 Å². The highest BCUT2D eigenvalue weighted by Crippen LogP contribution is 2.24. The van der Waals surface area contributed by atoms with Gasteiger partial charge in [0.05, 0.1) is 18.5 Å². The molecule has 5 heteroatoms. The highest BCUT2D eigenvalue weighted by atomic mass is 19.1. The summed E-state index contributed by atoms with van der Waals surface area (Å²) in [6.45, 7) is 2.36. The monoisotopic (exact) mass is 221 g/mol. The minimum absolute atomic E-state index is 0.290. The average molecular weight is 221 g/mol. The molecule has 4 nitrogen and oxygen atoms in total. The zero-order valence-corrected chi connectivity index (χ0v) is 8.85. The van der Waals surface area contributed by atoms with E-state index in [1.807, 2.05) is 6.92 Å². The van der Waals surface area contributed by atoms with E-state index in [9.17, 15) is 4.39 Å². The molecule has 2 rings (SSSR count). The number of hydrogen-bond acceptors (Lipinski definition) is 3. The Morgan fingerprint density at radius 3 is 2.69 bits per heavy atom. The number of rotatable bonds is 3. The Hall–Kier alpha value is -2.04. The molecule has 0 spiro atoms. The molecule has 1 aromatic carbocycles. The van der Waals surface area contributed by atoms with Gasteiger partial charge in [-0.25, -0.2) is 4.39 Å². The van der Waals surface area contributed by atoms with E-state index in [0.717, 1.165) is 0 Å². The third-order valence-electron chi connectivity index (χ3n) is 2.10. The lowest BCUT2D eigenvalue weighted by molar-refractivity contribution is 0.318. The zero-order valence-electron chi connectivity index (χ0n) is 8.85. The first-order valence-electron chi connectivity index (χ1n) is 4.94. The van der Waals surface area contributed by atoms with E-state index in [2.05, 4.69) is 5.10 Å². The van der Waals surface area contributed by atoms with E-state index in [1.54, 1.807) is 12.1 Å². The van der Waals surface area contributed by atoms with Gasteiger partial charge in [0.15, 0.2) is 0 Å². The number of aromatic nitrogens is 2. The van der Waals surface area contributed by atoms with Crippen molar-refractivity contribution in [1.29, 1.82) is 0 Å². The number of ether oxygens (including phenoxy) is 1. The molecular weight excluding hydrogens is 209 g/mol. The van der Waals surface area contributed by atoms with Gasteiger partial charge in [0.25, 0.3) is 0 Å². The Kier molecular flexibility index (Phi) is 2.76. The highest BCUT2D eigenvalue weighted by molar-refractivity contribution is 5.50. The first-order chi connectivity index (χ1) is 7.72. The smallest absolute Gasteiger partial charge is 0.240 e. The van der Waals surface area contributed by atoms with E-state index in [-0.39, 0.29) is 5.82 Å². The van der Waals surface area contributed by atoms with Gasteiger partial charge in [-0.3, -0.25) is 0 Å². The molecule has 1 heterocycles. The lowest BCUT2D eigenvalue weighted by atomic mass is 10.3. The molecule has 16 heavy (non-hydrogen) atoms. The molecular formula is C11H12FN3O. The summed E-state index contributed by atoms with van der Waals surface area (Å²) in [5, 5.41) is 4.08. The highest BCUT2D eigenvalue weighted by Gasteiger charge is 2.10. The van der Waals surface area contributed by atoms with Crippen LogP contribution in [0, 0.1) is 5.82 Å². The minimum Gasteiger partial charge on any atom is -0.476 e. The molecule has 2 aromatic rings. The van der Waals surface area contributed by atoms with Gasteiger partial charge in [-0.2, -0.15) is 9.78 Å². The number of nitrogens with two attached hydrogens (primary N) is 1. The Labute approximate surface area is 92.4 Å². The van der Waals surface area contributed by atoms with Gasteiger partial charge in [0.2, 0.25) is 5.88 Å². The second kappa shape index (κ2) is 4.22. The molecule has 0 atom stereocenters. The van der Waals surface area contributed by atoms with Gasteiger partial charge in [0, 0.05) is 0 Å². The van der Waals surface area contributed by atoms with E-state index < -0.39 is 0 Å². The Balaban J connectivity index is 2.43. The van der Waals surface area contributed by atoms with E-state index in [4.69, 9.17) is 10.5 Å². The fraction of sp³-hybridized carbons (Fsp3) is 0.182. The predicted molar refractivity (Wildman–Crippen MR) is 59.1 cm³/mol. The van der Waals surface area contributed by atoms with E-state index >= 15 is 0 Å². The number of hydrogen-bond donors (Lipinski definition) is 1. The van der Waals surface area contributed by atoms with Crippen LogP contribution in [-0.2, 0) is 0 Å². The van der Waals surface area contributed by atoms with Crippen molar-refractivity contribution in [1.82, 2.24) is 9.78 Å². The van der Waals surface area contributed by atoms with Crippen LogP contribution < -0.4 is 10.5 Å². The number of halogens is 1. The summed E-state index contributed by atoms with van der Waals surface area (Å²) in [4.78, 5) is 0. The normalized spacial score (nSPS) is 10.4. The molecule has 0 saturated heterocycles. The largest absolute Gasteiger partial charge is 0.476 e. The van der Waals surface area contributed by atoms with Gasteiger partial charge in [-0.05, 0) is 31.2 Å². The van der Waals surface area contributed by atoms with Gasteiger partial charge in [-0.1, -0.05) is 0 Å². The summed E-state index contributed by atoms with van der Waals surface area (Å²) in [5.41, 5.74) is 6.89. The number of anilines is 1. The van der Waals surface area contributed by atoms with Crippen LogP contribution in [0.1, 0.15) is 6.92 Å². The van der Waals surface area contributed by atoms with Crippen LogP contribution in [-0.4, -0.2) is 16.4 Å². The summed E-state index contributed by atoms with van der Waals surface area (Å²) >= 11 is 0. The molecule has 1 aromatic heterocycles. The van der Waals surface area contributed by atoms with Crippen molar-refractivity contribution >= 4 is 5.69 Å². The van der Waals surface area contributed by atoms with E-state index in [0.29, 0.717) is 23.9 Å². The Morgan fingerprint density at radius 2 is 2.06 bits per heavy atom. The Bertz CT molecular complexity index is 478. The maximum atomic E-state index is 12.8. The maximum absolute atomic E-state index is 12.8. The van der Waals surface area contributed by atoms with Crippen molar-refractivity contribution in [3.05, 3.63) is 36.3 Å². The van der Waals surface area contributed by atoms with Crippen LogP contribution in [0.5, 0.6) is 5.88 Å². The minimum atomic E-state index is -0.290. The van der Waals surface area contributed by atoms with Crippen molar-refractivity contribution in [3.8, 4) is 11.6 Å². The molecule has 0 unspecified atom stereocenters. The van der Waals surface area contributed by atoms with Crippen LogP contribution in [0.2, 0.25) is 0 Å². The van der Waals surface area contributed by atoms with Crippen LogP contribution in [0.25, 0.3) is 5.69 Å². The number of nitrogen functional groups attached to an aromatic ring is 1. The van der Waals surface area contributed by atoms with Gasteiger partial charge < -0.3 is 10.5 Å². The van der Waals surface area contributed by atoms with Crippen LogP contribution in [0.4, 0.5) is 10.1 Å². The van der Waals surface area contributed by atoms with Gasteiger partial charge in [-0.15, -0.1) is 0 Å². The van der Waals surface area contributed by atoms with Crippen molar-refractivity contribution in [2.24, 2.45) is 0 Å². The standard InChI is InChI=1S/C11H12FN3O/c1-2-16-11-10(13)7-14-15(11)9-5-3-8(12)4-6-9/h3-7H,2,13H2,1H3. The second-order valence-corrected chi connectivity index (χ2v) is 3.23. The predicted octanol–water partition coefficient (Wildman–Crippen LogP) is 1.99. The fourth-order valence-electron chi connectivity index (χ4n) is 1.40. The fourth-order valence-corrected chi connectivity index (χ4v) is 1.40. The van der Waals surface area contributed by atoms with Crippen molar-refractivity contribution in [2.45, 2.75) is 6.92 Å². The molecule has 0 aliphatic carbocycles. The molecule has 0 fully saturated rings. The molecule has 84 valence electrons. The molecule has 0 bridgehead atoms. The summed E-state index contributed by atoms with van der Waals surface area (Å²) < 4.78 is 19.7. The maximum Gasteiger partial charge on any atom is 0.240 e. The third-order valence-corrected chi connectivity index (χ3v) is 2.10. The average Bonchev–Trinajstić information content (AvgIpc) is 2.63. The number of benzene rings is 1. The summed E-state index contributed by atoms with van der Waals surface area (Å²) in [6, 6.07) is 5.96. The summed E-state index contributed by atoms with van der Waals surface area (Å²) in [6.07, 6.45) is 1.51. The first-order valence-corrected chi connectivity index (χ1v) is 4.94. The van der Waals surface area contributed by atoms with Crippen LogP contribution in [0.3, 0.4) is 0 Å². The molecule has 0 saturated carbocycles. The molecule has 0 amide bonds. The van der Waals surface area contributed by atoms with Crippen molar-refractivity contribution < 1.29 is 9.13 Å². The van der Waals surface area contributed by atoms with Crippen molar-refractivity contribution in [2.75, 3.05) is 12.3 Å². The molecule has 0 aliphatic rings. The summed E-state index contributed by atoms with van der Waals surface area (Å²) in [5.74, 6) is 0.191. The quantitative estimate of drug-likeness (QED) is 0.862. The van der Waals surface area contributed by atoms with Crippen LogP contribution in [0.15, 0.2) is 30.5 Å². The lowest BCUT2D eigenvalue weighted by Gasteiger charge is -2.08. The number of nitrogens with zero attached hydrogens (tertiary/aromatic N) is 2. The second-order valence-electron chi connectivity index (χ2n) is 3.23. The Morgan fingerprint density at radius 1 is 1.38 bits per heavy atom. The molecule has 2 N–H and O–H groups in total. The molecule has 0 aliphatic heterocycles. The van der Waals surface area contributed by atoms with Gasteiger partial charge in [0.1, 0.15) is 11.5 Å². The topological polar surface area (TPSA) is 53.1 Å². The van der Waals surface area contributed by atoms with Crippen molar-refractivity contribution in [3.63, 3.8) is 0 Å². The third kappa shape index (κ3) is 1.84. The zero-order chi connectivity index (χ0) is 11.5. The van der Waals surface area contributed by atoms with Gasteiger partial charge >= 0.3 is 0 Å². The van der Waals surface area contributed by atoms with E-state index in [1.165, 1.54) is 23.0 Å².